The number of carbonyl (C=O) groups excluding carboxylic acids is 2. The van der Waals surface area contributed by atoms with Crippen molar-refractivity contribution < 1.29 is 19.1 Å². The number of hydrogen-bond acceptors (Lipinski definition) is 5. The molecule has 1 atom stereocenters. The summed E-state index contributed by atoms with van der Waals surface area (Å²) < 4.78 is 10.7. The van der Waals surface area contributed by atoms with Gasteiger partial charge in [0.25, 0.3) is 5.91 Å². The summed E-state index contributed by atoms with van der Waals surface area (Å²) in [4.78, 5) is 28.0. The molecule has 1 aromatic heterocycles. The largest absolute Gasteiger partial charge is 0.481 e. The lowest BCUT2D eigenvalue weighted by molar-refractivity contribution is -0.155. The minimum atomic E-state index is -0.983. The maximum atomic E-state index is 12.1. The van der Waals surface area contributed by atoms with E-state index in [-0.39, 0.29) is 6.61 Å². The second kappa shape index (κ2) is 8.67. The number of nitrogens with one attached hydrogen (secondary N) is 1. The van der Waals surface area contributed by atoms with Gasteiger partial charge in [-0.05, 0) is 51.0 Å². The van der Waals surface area contributed by atoms with Crippen molar-refractivity contribution in [1.29, 1.82) is 0 Å². The molecule has 0 unspecified atom stereocenters. The van der Waals surface area contributed by atoms with Gasteiger partial charge in [-0.3, -0.25) is 4.79 Å². The van der Waals surface area contributed by atoms with Gasteiger partial charge >= 0.3 is 5.97 Å². The highest BCUT2D eigenvalue weighted by atomic mass is 35.5. The lowest BCUT2D eigenvalue weighted by atomic mass is 10.1. The van der Waals surface area contributed by atoms with E-state index in [1.54, 1.807) is 12.1 Å². The van der Waals surface area contributed by atoms with Gasteiger partial charge in [0.2, 0.25) is 0 Å². The Labute approximate surface area is 157 Å². The highest BCUT2D eigenvalue weighted by Gasteiger charge is 2.19. The molecule has 2 aromatic rings. The fraction of sp³-hybridized carbons (Fsp3) is 0.316. The minimum absolute atomic E-state index is 0.276. The van der Waals surface area contributed by atoms with Crippen LogP contribution in [-0.2, 0) is 14.3 Å². The summed E-state index contributed by atoms with van der Waals surface area (Å²) in [6, 6.07) is 7.10. The van der Waals surface area contributed by atoms with Gasteiger partial charge in [0.15, 0.2) is 12.7 Å². The Morgan fingerprint density at radius 1 is 1.19 bits per heavy atom. The molecule has 0 aliphatic rings. The van der Waals surface area contributed by atoms with Crippen LogP contribution in [0.15, 0.2) is 30.5 Å². The van der Waals surface area contributed by atoms with Crippen LogP contribution >= 0.6 is 11.6 Å². The van der Waals surface area contributed by atoms with Crippen LogP contribution in [0.2, 0.25) is 5.02 Å². The predicted molar refractivity (Wildman–Crippen MR) is 99.6 cm³/mol. The molecule has 2 rings (SSSR count). The van der Waals surface area contributed by atoms with E-state index in [9.17, 15) is 9.59 Å². The summed E-state index contributed by atoms with van der Waals surface area (Å²) in [5, 5.41) is 3.01. The lowest BCUT2D eigenvalue weighted by Crippen LogP contribution is -2.32. The van der Waals surface area contributed by atoms with E-state index in [1.165, 1.54) is 13.1 Å². The van der Waals surface area contributed by atoms with Crippen molar-refractivity contribution >= 4 is 29.3 Å². The van der Waals surface area contributed by atoms with Crippen molar-refractivity contribution in [3.63, 3.8) is 0 Å². The number of ether oxygens (including phenoxy) is 2. The number of aromatic nitrogens is 1. The zero-order chi connectivity index (χ0) is 19.3. The van der Waals surface area contributed by atoms with Gasteiger partial charge in [-0.15, -0.1) is 0 Å². The third-order valence-electron chi connectivity index (χ3n) is 3.60. The van der Waals surface area contributed by atoms with Gasteiger partial charge in [-0.1, -0.05) is 29.3 Å². The molecule has 1 heterocycles. The van der Waals surface area contributed by atoms with Crippen LogP contribution in [0.3, 0.4) is 0 Å². The summed E-state index contributed by atoms with van der Waals surface area (Å²) in [5.41, 5.74) is 3.00. The summed E-state index contributed by atoms with van der Waals surface area (Å²) in [6.45, 7) is 7.02. The zero-order valence-electron chi connectivity index (χ0n) is 15.1. The number of aryl methyl sites for hydroxylation is 3. The first-order valence-corrected chi connectivity index (χ1v) is 8.46. The first-order chi connectivity index (χ1) is 12.3. The highest BCUT2D eigenvalue weighted by Crippen LogP contribution is 2.24. The van der Waals surface area contributed by atoms with Crippen LogP contribution in [-0.4, -0.2) is 29.6 Å². The Hall–Kier alpha value is -2.60. The third kappa shape index (κ3) is 5.46. The quantitative estimate of drug-likeness (QED) is 0.779. The van der Waals surface area contributed by atoms with Crippen molar-refractivity contribution in [2.24, 2.45) is 0 Å². The fourth-order valence-electron chi connectivity index (χ4n) is 2.49. The Morgan fingerprint density at radius 2 is 1.85 bits per heavy atom. The Morgan fingerprint density at radius 3 is 2.42 bits per heavy atom. The molecular weight excluding hydrogens is 356 g/mol. The maximum Gasteiger partial charge on any atom is 0.344 e. The van der Waals surface area contributed by atoms with E-state index in [2.05, 4.69) is 10.3 Å². The van der Waals surface area contributed by atoms with Gasteiger partial charge in [-0.2, -0.15) is 0 Å². The number of carbonyl (C=O) groups is 2. The molecule has 0 spiro atoms. The topological polar surface area (TPSA) is 77.5 Å². The summed E-state index contributed by atoms with van der Waals surface area (Å²) in [5.74, 6) is -0.147. The molecule has 1 N–H and O–H groups in total. The normalized spacial score (nSPS) is 11.6. The number of pyridine rings is 1. The molecule has 0 radical (unpaired) electrons. The molecule has 1 aromatic carbocycles. The minimum Gasteiger partial charge on any atom is -0.481 e. The van der Waals surface area contributed by atoms with E-state index < -0.39 is 18.0 Å². The van der Waals surface area contributed by atoms with Gasteiger partial charge < -0.3 is 14.8 Å². The monoisotopic (exact) mass is 376 g/mol. The van der Waals surface area contributed by atoms with Crippen LogP contribution in [0.25, 0.3) is 0 Å². The number of benzene rings is 1. The number of nitrogens with zero attached hydrogens (tertiary/aromatic N) is 1. The van der Waals surface area contributed by atoms with Crippen LogP contribution in [0.5, 0.6) is 5.75 Å². The van der Waals surface area contributed by atoms with E-state index in [1.807, 2.05) is 32.9 Å². The predicted octanol–water partition coefficient (Wildman–Crippen LogP) is 3.61. The Bertz CT molecular complexity index is 783. The lowest BCUT2D eigenvalue weighted by Gasteiger charge is -2.15. The summed E-state index contributed by atoms with van der Waals surface area (Å²) in [6.07, 6.45) is 0.428. The number of anilines is 1. The van der Waals surface area contributed by atoms with Crippen molar-refractivity contribution in [1.82, 2.24) is 4.98 Å². The van der Waals surface area contributed by atoms with Gasteiger partial charge in [0.1, 0.15) is 11.6 Å². The van der Waals surface area contributed by atoms with Gasteiger partial charge in [-0.25, -0.2) is 9.78 Å². The number of rotatable bonds is 6. The van der Waals surface area contributed by atoms with E-state index in [0.717, 1.165) is 16.7 Å². The number of esters is 1. The van der Waals surface area contributed by atoms with Crippen LogP contribution in [0, 0.1) is 20.8 Å². The van der Waals surface area contributed by atoms with Crippen molar-refractivity contribution in [2.45, 2.75) is 33.8 Å². The average Bonchev–Trinajstić information content (AvgIpc) is 2.55. The van der Waals surface area contributed by atoms with E-state index in [4.69, 9.17) is 21.1 Å². The molecule has 7 heteroatoms. The highest BCUT2D eigenvalue weighted by molar-refractivity contribution is 6.30. The molecule has 0 saturated carbocycles. The van der Waals surface area contributed by atoms with Crippen LogP contribution in [0.4, 0.5) is 5.82 Å². The van der Waals surface area contributed by atoms with Crippen molar-refractivity contribution in [2.75, 3.05) is 11.9 Å². The molecular formula is C19H21ClN2O4. The number of amides is 1. The van der Waals surface area contributed by atoms with Gasteiger partial charge in [0.05, 0.1) is 5.02 Å². The molecule has 0 aliphatic carbocycles. The Balaban J connectivity index is 1.87. The molecule has 26 heavy (non-hydrogen) atoms. The zero-order valence-corrected chi connectivity index (χ0v) is 15.9. The number of hydrogen-bond donors (Lipinski definition) is 1. The van der Waals surface area contributed by atoms with E-state index >= 15 is 0 Å². The standard InChI is InChI=1S/C19H21ClN2O4/c1-11-7-12(2)18(13(3)8-11)25-10-17(23)26-14(4)19(24)22-16-6-5-15(20)9-21-16/h5-9,14H,10H2,1-4H3,(H,21,22,24)/t14-/m1/s1. The first-order valence-electron chi connectivity index (χ1n) is 8.09. The molecule has 0 saturated heterocycles. The molecule has 138 valence electrons. The maximum absolute atomic E-state index is 12.1. The summed E-state index contributed by atoms with van der Waals surface area (Å²) >= 11 is 5.74. The van der Waals surface area contributed by atoms with Crippen molar-refractivity contribution in [3.8, 4) is 5.75 Å². The molecule has 6 nitrogen and oxygen atoms in total. The Kier molecular flexibility index (Phi) is 6.58. The van der Waals surface area contributed by atoms with E-state index in [0.29, 0.717) is 16.6 Å². The second-order valence-corrected chi connectivity index (χ2v) is 6.44. The molecule has 0 fully saturated rings. The number of halogens is 1. The average molecular weight is 377 g/mol. The van der Waals surface area contributed by atoms with Crippen LogP contribution in [0.1, 0.15) is 23.6 Å². The smallest absolute Gasteiger partial charge is 0.344 e. The third-order valence-corrected chi connectivity index (χ3v) is 3.82. The van der Waals surface area contributed by atoms with Crippen LogP contribution < -0.4 is 10.1 Å². The first kappa shape index (κ1) is 19.7. The molecule has 0 bridgehead atoms. The molecule has 1 amide bonds. The SMILES string of the molecule is Cc1cc(C)c(OCC(=O)O[C@H](C)C(=O)Nc2ccc(Cl)cn2)c(C)c1. The summed E-state index contributed by atoms with van der Waals surface area (Å²) in [7, 11) is 0. The molecule has 0 aliphatic heterocycles. The fourth-order valence-corrected chi connectivity index (χ4v) is 2.60. The van der Waals surface area contributed by atoms with Gasteiger partial charge in [0, 0.05) is 6.20 Å². The van der Waals surface area contributed by atoms with Crippen molar-refractivity contribution in [3.05, 3.63) is 52.2 Å². The second-order valence-electron chi connectivity index (χ2n) is 6.00.